The van der Waals surface area contributed by atoms with Crippen molar-refractivity contribution in [3.63, 3.8) is 0 Å². The zero-order valence-electron chi connectivity index (χ0n) is 8.21. The molecule has 0 atom stereocenters. The van der Waals surface area contributed by atoms with Gasteiger partial charge in [-0.3, -0.25) is 0 Å². The molecule has 1 aromatic carbocycles. The van der Waals surface area contributed by atoms with Crippen molar-refractivity contribution in [2.24, 2.45) is 5.14 Å². The number of cyclic esters (lactones) is 1. The number of carbonyl (C=O) groups is 1. The number of carbonyl (C=O) groups excluding carboxylic acids is 1. The van der Waals surface area contributed by atoms with Crippen LogP contribution in [0.15, 0.2) is 35.4 Å². The highest BCUT2D eigenvalue weighted by molar-refractivity contribution is 7.92. The Balaban J connectivity index is 2.48. The zero-order chi connectivity index (χ0) is 11.8. The van der Waals surface area contributed by atoms with Gasteiger partial charge >= 0.3 is 5.97 Å². The van der Waals surface area contributed by atoms with Crippen molar-refractivity contribution in [1.29, 1.82) is 0 Å². The lowest BCUT2D eigenvalue weighted by molar-refractivity contribution is 0.0649. The quantitative estimate of drug-likeness (QED) is 0.724. The lowest BCUT2D eigenvalue weighted by Crippen LogP contribution is -2.18. The van der Waals surface area contributed by atoms with Crippen LogP contribution in [0, 0.1) is 0 Å². The number of hydrogen-bond acceptors (Lipinski definition) is 4. The molecule has 0 radical (unpaired) electrons. The third-order valence-corrected chi connectivity index (χ3v) is 3.01. The molecule has 0 saturated heterocycles. The molecule has 1 heterocycles. The predicted octanol–water partition coefficient (Wildman–Crippen LogP) is 0.529. The molecule has 1 aliphatic rings. The molecule has 16 heavy (non-hydrogen) atoms. The summed E-state index contributed by atoms with van der Waals surface area (Å²) in [6, 6.07) is 6.76. The number of nitrogens with two attached hydrogens (primary N) is 1. The van der Waals surface area contributed by atoms with Crippen molar-refractivity contribution >= 4 is 16.0 Å². The smallest absolute Gasteiger partial charge is 0.344 e. The summed E-state index contributed by atoms with van der Waals surface area (Å²) in [4.78, 5) is 11.6. The predicted molar refractivity (Wildman–Crippen MR) is 56.8 cm³/mol. The number of hydrogen-bond donors (Lipinski definition) is 1. The minimum Gasteiger partial charge on any atom is -0.409 e. The molecule has 0 unspecified atom stereocenters. The van der Waals surface area contributed by atoms with E-state index < -0.39 is 21.1 Å². The molecule has 2 N–H and O–H groups in total. The average molecular weight is 239 g/mol. The minimum atomic E-state index is -3.98. The fourth-order valence-electron chi connectivity index (χ4n) is 1.45. The minimum absolute atomic E-state index is 0.299. The number of allylic oxidation sites excluding steroid dienone is 1. The molecule has 1 aromatic rings. The molecule has 2 rings (SSSR count). The maximum absolute atomic E-state index is 11.6. The van der Waals surface area contributed by atoms with Crippen molar-refractivity contribution in [2.45, 2.75) is 6.42 Å². The van der Waals surface area contributed by atoms with Gasteiger partial charge in [0.05, 0.1) is 5.56 Å². The zero-order valence-corrected chi connectivity index (χ0v) is 9.03. The molecule has 1 aliphatic heterocycles. The molecule has 0 amide bonds. The molecule has 0 aliphatic carbocycles. The first-order chi connectivity index (χ1) is 7.48. The number of primary sulfonamides is 1. The lowest BCUT2D eigenvalue weighted by atomic mass is 10.1. The van der Waals surface area contributed by atoms with Gasteiger partial charge in [-0.25, -0.2) is 18.4 Å². The molecular weight excluding hydrogens is 230 g/mol. The second-order valence-electron chi connectivity index (χ2n) is 3.32. The van der Waals surface area contributed by atoms with Crippen LogP contribution in [-0.4, -0.2) is 14.4 Å². The largest absolute Gasteiger partial charge is 0.409 e. The number of benzene rings is 1. The van der Waals surface area contributed by atoms with Crippen LogP contribution in [0.5, 0.6) is 0 Å². The standard InChI is InChI=1S/C10H9NO4S/c11-16(13,14)9-6-5-7-3-1-2-4-8(7)10(12)15-9/h1-4,6H,5H2,(H2,11,13,14). The summed E-state index contributed by atoms with van der Waals surface area (Å²) in [7, 11) is -3.98. The van der Waals surface area contributed by atoms with E-state index in [0.29, 0.717) is 17.5 Å². The van der Waals surface area contributed by atoms with Gasteiger partial charge in [0.15, 0.2) is 0 Å². The SMILES string of the molecule is NS(=O)(=O)C1=CCc2ccccc2C(=O)O1. The topological polar surface area (TPSA) is 86.5 Å². The molecule has 0 aromatic heterocycles. The maximum Gasteiger partial charge on any atom is 0.344 e. The van der Waals surface area contributed by atoms with Crippen molar-refractivity contribution in [1.82, 2.24) is 0 Å². The van der Waals surface area contributed by atoms with Gasteiger partial charge in [-0.15, -0.1) is 0 Å². The third kappa shape index (κ3) is 1.98. The summed E-state index contributed by atoms with van der Waals surface area (Å²) < 4.78 is 26.8. The van der Waals surface area contributed by atoms with E-state index in [2.05, 4.69) is 0 Å². The first kappa shape index (κ1) is 10.8. The fraction of sp³-hybridized carbons (Fsp3) is 0.100. The van der Waals surface area contributed by atoms with Crippen molar-refractivity contribution in [3.8, 4) is 0 Å². The van der Waals surface area contributed by atoms with Crippen molar-refractivity contribution in [3.05, 3.63) is 46.6 Å². The number of sulfonamides is 1. The van der Waals surface area contributed by atoms with E-state index >= 15 is 0 Å². The Morgan fingerprint density at radius 1 is 1.25 bits per heavy atom. The van der Waals surface area contributed by atoms with Gasteiger partial charge < -0.3 is 4.74 Å². The van der Waals surface area contributed by atoms with Gasteiger partial charge in [-0.1, -0.05) is 18.2 Å². The van der Waals surface area contributed by atoms with Crippen LogP contribution in [0.4, 0.5) is 0 Å². The first-order valence-corrected chi connectivity index (χ1v) is 6.06. The Kier molecular flexibility index (Phi) is 2.53. The summed E-state index contributed by atoms with van der Waals surface area (Å²) >= 11 is 0. The molecule has 0 saturated carbocycles. The molecule has 0 fully saturated rings. The maximum atomic E-state index is 11.6. The number of fused-ring (bicyclic) bond motifs is 1. The Bertz CT molecular complexity index is 574. The highest BCUT2D eigenvalue weighted by Crippen LogP contribution is 2.19. The summed E-state index contributed by atoms with van der Waals surface area (Å²) in [6.45, 7) is 0. The van der Waals surface area contributed by atoms with Crippen LogP contribution < -0.4 is 5.14 Å². The summed E-state index contributed by atoms with van der Waals surface area (Å²) in [5.41, 5.74) is 1.07. The van der Waals surface area contributed by atoms with E-state index in [4.69, 9.17) is 9.88 Å². The first-order valence-electron chi connectivity index (χ1n) is 4.51. The van der Waals surface area contributed by atoms with E-state index in [1.165, 1.54) is 6.08 Å². The van der Waals surface area contributed by atoms with E-state index in [-0.39, 0.29) is 0 Å². The van der Waals surface area contributed by atoms with E-state index in [1.54, 1.807) is 24.3 Å². The van der Waals surface area contributed by atoms with Crippen LogP contribution in [0.3, 0.4) is 0 Å². The summed E-state index contributed by atoms with van der Waals surface area (Å²) in [6.07, 6.45) is 1.59. The van der Waals surface area contributed by atoms with Crippen LogP contribution in [0.25, 0.3) is 0 Å². The molecule has 0 bridgehead atoms. The Hall–Kier alpha value is -1.66. The van der Waals surface area contributed by atoms with E-state index in [1.807, 2.05) is 0 Å². The highest BCUT2D eigenvalue weighted by Gasteiger charge is 2.23. The fourth-order valence-corrected chi connectivity index (χ4v) is 1.96. The van der Waals surface area contributed by atoms with Crippen LogP contribution in [0.1, 0.15) is 15.9 Å². The van der Waals surface area contributed by atoms with Gasteiger partial charge in [0.25, 0.3) is 10.0 Å². The second kappa shape index (κ2) is 3.73. The number of rotatable bonds is 1. The van der Waals surface area contributed by atoms with Crippen molar-refractivity contribution < 1.29 is 17.9 Å². The molecule has 84 valence electrons. The van der Waals surface area contributed by atoms with E-state index in [9.17, 15) is 13.2 Å². The second-order valence-corrected chi connectivity index (χ2v) is 4.81. The molecule has 6 heteroatoms. The molecule has 5 nitrogen and oxygen atoms in total. The normalized spacial score (nSPS) is 15.8. The number of esters is 1. The molecular formula is C10H9NO4S. The van der Waals surface area contributed by atoms with Crippen molar-refractivity contribution in [2.75, 3.05) is 0 Å². The number of ether oxygens (including phenoxy) is 1. The highest BCUT2D eigenvalue weighted by atomic mass is 32.2. The van der Waals surface area contributed by atoms with E-state index in [0.717, 1.165) is 0 Å². The third-order valence-electron chi connectivity index (χ3n) is 2.20. The Morgan fingerprint density at radius 2 is 1.94 bits per heavy atom. The van der Waals surface area contributed by atoms with Crippen LogP contribution in [0.2, 0.25) is 0 Å². The van der Waals surface area contributed by atoms with Gasteiger partial charge in [0.2, 0.25) is 5.09 Å². The molecule has 0 spiro atoms. The van der Waals surface area contributed by atoms with Crippen LogP contribution >= 0.6 is 0 Å². The summed E-state index contributed by atoms with van der Waals surface area (Å²) in [5.74, 6) is -0.701. The monoisotopic (exact) mass is 239 g/mol. The van der Waals surface area contributed by atoms with Gasteiger partial charge in [-0.2, -0.15) is 0 Å². The van der Waals surface area contributed by atoms with Crippen LogP contribution in [-0.2, 0) is 21.2 Å². The lowest BCUT2D eigenvalue weighted by Gasteiger charge is -2.04. The Morgan fingerprint density at radius 3 is 2.62 bits per heavy atom. The van der Waals surface area contributed by atoms with Gasteiger partial charge in [0, 0.05) is 0 Å². The van der Waals surface area contributed by atoms with Gasteiger partial charge in [-0.05, 0) is 24.1 Å². The Labute approximate surface area is 92.6 Å². The average Bonchev–Trinajstić information content (AvgIpc) is 2.38. The van der Waals surface area contributed by atoms with Gasteiger partial charge in [0.1, 0.15) is 0 Å². The summed E-state index contributed by atoms with van der Waals surface area (Å²) in [5, 5.41) is 4.41.